The van der Waals surface area contributed by atoms with Crippen LogP contribution in [-0.4, -0.2) is 36.0 Å². The van der Waals surface area contributed by atoms with Crippen molar-refractivity contribution in [2.45, 2.75) is 50.3 Å². The summed E-state index contributed by atoms with van der Waals surface area (Å²) in [6.07, 6.45) is 6.03. The Kier molecular flexibility index (Phi) is 5.16. The standard InChI is InChI=1S/C13H24N2OS/c1-10-2-3-11(8-10)15-13(16)9-17-12-4-6-14-7-5-12/h10-12,14H,2-9H2,1H3,(H,15,16). The summed E-state index contributed by atoms with van der Waals surface area (Å²) >= 11 is 1.84. The van der Waals surface area contributed by atoms with E-state index in [9.17, 15) is 4.79 Å². The lowest BCUT2D eigenvalue weighted by atomic mass is 10.1. The minimum absolute atomic E-state index is 0.243. The molecule has 1 saturated heterocycles. The first kappa shape index (κ1) is 13.2. The van der Waals surface area contributed by atoms with Crippen LogP contribution in [0.3, 0.4) is 0 Å². The fourth-order valence-electron chi connectivity index (χ4n) is 2.76. The second-order valence-electron chi connectivity index (χ2n) is 5.44. The number of rotatable bonds is 4. The molecule has 17 heavy (non-hydrogen) atoms. The molecule has 1 saturated carbocycles. The zero-order valence-corrected chi connectivity index (χ0v) is 11.5. The second kappa shape index (κ2) is 6.64. The van der Waals surface area contributed by atoms with Crippen molar-refractivity contribution in [3.8, 4) is 0 Å². The van der Waals surface area contributed by atoms with Gasteiger partial charge in [0.25, 0.3) is 0 Å². The van der Waals surface area contributed by atoms with E-state index in [0.717, 1.165) is 19.0 Å². The summed E-state index contributed by atoms with van der Waals surface area (Å²) in [6.45, 7) is 4.49. The number of carbonyl (C=O) groups excluding carboxylic acids is 1. The molecule has 0 aromatic carbocycles. The van der Waals surface area contributed by atoms with Gasteiger partial charge in [0.2, 0.25) is 5.91 Å². The van der Waals surface area contributed by atoms with Gasteiger partial charge in [-0.1, -0.05) is 6.92 Å². The first-order chi connectivity index (χ1) is 8.24. The molecule has 3 nitrogen and oxygen atoms in total. The molecule has 0 spiro atoms. The van der Waals surface area contributed by atoms with Crippen LogP contribution in [0.25, 0.3) is 0 Å². The minimum Gasteiger partial charge on any atom is -0.353 e. The van der Waals surface area contributed by atoms with Crippen molar-refractivity contribution in [2.75, 3.05) is 18.8 Å². The van der Waals surface area contributed by atoms with Crippen molar-refractivity contribution in [1.29, 1.82) is 0 Å². The van der Waals surface area contributed by atoms with Gasteiger partial charge >= 0.3 is 0 Å². The Balaban J connectivity index is 1.60. The number of thioether (sulfide) groups is 1. The van der Waals surface area contributed by atoms with Gasteiger partial charge in [-0.05, 0) is 51.1 Å². The van der Waals surface area contributed by atoms with Gasteiger partial charge in [0, 0.05) is 11.3 Å². The van der Waals surface area contributed by atoms with Crippen LogP contribution >= 0.6 is 11.8 Å². The smallest absolute Gasteiger partial charge is 0.230 e. The summed E-state index contributed by atoms with van der Waals surface area (Å²) in [4.78, 5) is 11.8. The number of carbonyl (C=O) groups is 1. The highest BCUT2D eigenvalue weighted by atomic mass is 32.2. The van der Waals surface area contributed by atoms with E-state index in [-0.39, 0.29) is 5.91 Å². The molecule has 98 valence electrons. The van der Waals surface area contributed by atoms with Crippen LogP contribution < -0.4 is 10.6 Å². The number of nitrogens with one attached hydrogen (secondary N) is 2. The zero-order valence-electron chi connectivity index (χ0n) is 10.7. The van der Waals surface area contributed by atoms with Gasteiger partial charge in [-0.25, -0.2) is 0 Å². The maximum absolute atomic E-state index is 11.8. The average molecular weight is 256 g/mol. The van der Waals surface area contributed by atoms with E-state index in [2.05, 4.69) is 17.6 Å². The summed E-state index contributed by atoms with van der Waals surface area (Å²) in [5.74, 6) is 1.68. The SMILES string of the molecule is CC1CCC(NC(=O)CSC2CCNCC2)C1. The molecule has 1 amide bonds. The van der Waals surface area contributed by atoms with Crippen LogP contribution in [0.4, 0.5) is 0 Å². The second-order valence-corrected chi connectivity index (χ2v) is 6.73. The highest BCUT2D eigenvalue weighted by Crippen LogP contribution is 2.25. The lowest BCUT2D eigenvalue weighted by Crippen LogP contribution is -2.35. The Bertz CT molecular complexity index is 254. The van der Waals surface area contributed by atoms with Gasteiger partial charge in [-0.15, -0.1) is 11.8 Å². The number of hydrogen-bond acceptors (Lipinski definition) is 3. The van der Waals surface area contributed by atoms with Crippen LogP contribution in [0.1, 0.15) is 39.0 Å². The first-order valence-electron chi connectivity index (χ1n) is 6.85. The first-order valence-corrected chi connectivity index (χ1v) is 7.90. The Morgan fingerprint density at radius 3 is 2.71 bits per heavy atom. The molecule has 2 rings (SSSR count). The summed E-state index contributed by atoms with van der Waals surface area (Å²) in [5.41, 5.74) is 0. The topological polar surface area (TPSA) is 41.1 Å². The van der Waals surface area contributed by atoms with E-state index < -0.39 is 0 Å². The normalized spacial score (nSPS) is 30.4. The van der Waals surface area contributed by atoms with Crippen molar-refractivity contribution < 1.29 is 4.79 Å². The predicted octanol–water partition coefficient (Wildman–Crippen LogP) is 1.78. The van der Waals surface area contributed by atoms with Crippen molar-refractivity contribution in [3.05, 3.63) is 0 Å². The van der Waals surface area contributed by atoms with Crippen LogP contribution in [0.15, 0.2) is 0 Å². The lowest BCUT2D eigenvalue weighted by Gasteiger charge is -2.22. The van der Waals surface area contributed by atoms with E-state index in [0.29, 0.717) is 17.0 Å². The third-order valence-corrected chi connectivity index (χ3v) is 5.17. The van der Waals surface area contributed by atoms with Crippen molar-refractivity contribution >= 4 is 17.7 Å². The molecule has 2 aliphatic rings. The fourth-order valence-corrected chi connectivity index (χ4v) is 3.80. The number of piperidine rings is 1. The van der Waals surface area contributed by atoms with Gasteiger partial charge in [0.15, 0.2) is 0 Å². The number of amides is 1. The Morgan fingerprint density at radius 1 is 1.29 bits per heavy atom. The van der Waals surface area contributed by atoms with E-state index >= 15 is 0 Å². The van der Waals surface area contributed by atoms with Crippen LogP contribution in [0, 0.1) is 5.92 Å². The fraction of sp³-hybridized carbons (Fsp3) is 0.923. The van der Waals surface area contributed by atoms with Gasteiger partial charge in [-0.2, -0.15) is 0 Å². The molecule has 2 unspecified atom stereocenters. The Hall–Kier alpha value is -0.220. The molecular formula is C13H24N2OS. The van der Waals surface area contributed by atoms with Crippen LogP contribution in [0.2, 0.25) is 0 Å². The lowest BCUT2D eigenvalue weighted by molar-refractivity contribution is -0.119. The van der Waals surface area contributed by atoms with E-state index in [4.69, 9.17) is 0 Å². The third kappa shape index (κ3) is 4.51. The molecular weight excluding hydrogens is 232 g/mol. The van der Waals surface area contributed by atoms with Crippen LogP contribution in [-0.2, 0) is 4.79 Å². The molecule has 1 aliphatic carbocycles. The molecule has 1 heterocycles. The average Bonchev–Trinajstić information content (AvgIpc) is 2.73. The molecule has 0 radical (unpaired) electrons. The van der Waals surface area contributed by atoms with Crippen LogP contribution in [0.5, 0.6) is 0 Å². The largest absolute Gasteiger partial charge is 0.353 e. The zero-order chi connectivity index (χ0) is 12.1. The highest BCUT2D eigenvalue weighted by molar-refractivity contribution is 8.00. The monoisotopic (exact) mass is 256 g/mol. The molecule has 2 fully saturated rings. The maximum Gasteiger partial charge on any atom is 0.230 e. The summed E-state index contributed by atoms with van der Waals surface area (Å²) in [5, 5.41) is 7.21. The Morgan fingerprint density at radius 2 is 2.06 bits per heavy atom. The van der Waals surface area contributed by atoms with Gasteiger partial charge in [0.1, 0.15) is 0 Å². The molecule has 2 atom stereocenters. The van der Waals surface area contributed by atoms with Crippen molar-refractivity contribution in [1.82, 2.24) is 10.6 Å². The Labute approximate surface area is 108 Å². The van der Waals surface area contributed by atoms with Gasteiger partial charge < -0.3 is 10.6 Å². The van der Waals surface area contributed by atoms with Crippen molar-refractivity contribution in [3.63, 3.8) is 0 Å². The highest BCUT2D eigenvalue weighted by Gasteiger charge is 2.23. The van der Waals surface area contributed by atoms with Crippen molar-refractivity contribution in [2.24, 2.45) is 5.92 Å². The maximum atomic E-state index is 11.8. The molecule has 0 bridgehead atoms. The quantitative estimate of drug-likeness (QED) is 0.805. The molecule has 0 aromatic rings. The number of hydrogen-bond donors (Lipinski definition) is 2. The molecule has 2 N–H and O–H groups in total. The predicted molar refractivity (Wildman–Crippen MR) is 73.3 cm³/mol. The summed E-state index contributed by atoms with van der Waals surface area (Å²) in [6, 6.07) is 0.450. The minimum atomic E-state index is 0.243. The molecule has 4 heteroatoms. The third-order valence-electron chi connectivity index (χ3n) is 3.80. The summed E-state index contributed by atoms with van der Waals surface area (Å²) < 4.78 is 0. The van der Waals surface area contributed by atoms with Gasteiger partial charge in [-0.3, -0.25) is 4.79 Å². The van der Waals surface area contributed by atoms with Gasteiger partial charge in [0.05, 0.1) is 5.75 Å². The summed E-state index contributed by atoms with van der Waals surface area (Å²) in [7, 11) is 0. The molecule has 1 aliphatic heterocycles. The molecule has 0 aromatic heterocycles. The van der Waals surface area contributed by atoms with E-state index in [1.807, 2.05) is 11.8 Å². The van der Waals surface area contributed by atoms with E-state index in [1.54, 1.807) is 0 Å². The van der Waals surface area contributed by atoms with E-state index in [1.165, 1.54) is 32.1 Å².